The first kappa shape index (κ1) is 17.8. The highest BCUT2D eigenvalue weighted by molar-refractivity contribution is 5.86. The van der Waals surface area contributed by atoms with Gasteiger partial charge in [-0.3, -0.25) is 5.10 Å². The van der Waals surface area contributed by atoms with Gasteiger partial charge in [0.15, 0.2) is 11.3 Å². The Kier molecular flexibility index (Phi) is 4.11. The maximum atomic E-state index is 6.01. The molecule has 4 aromatic rings. The molecule has 9 nitrogen and oxygen atoms in total. The predicted octanol–water partition coefficient (Wildman–Crippen LogP) is 2.60. The molecule has 5 rings (SSSR count). The van der Waals surface area contributed by atoms with Crippen LogP contribution in [0.25, 0.3) is 16.7 Å². The zero-order valence-corrected chi connectivity index (χ0v) is 16.8. The Labute approximate surface area is 168 Å². The average molecular weight is 392 g/mol. The van der Waals surface area contributed by atoms with Gasteiger partial charge in [-0.25, -0.2) is 19.5 Å². The summed E-state index contributed by atoms with van der Waals surface area (Å²) in [6, 6.07) is 3.84. The van der Waals surface area contributed by atoms with Gasteiger partial charge in [-0.1, -0.05) is 20.8 Å². The van der Waals surface area contributed by atoms with Crippen LogP contribution in [0, 0.1) is 5.92 Å². The molecule has 1 unspecified atom stereocenters. The van der Waals surface area contributed by atoms with Crippen LogP contribution in [0.4, 0.5) is 5.82 Å². The fourth-order valence-electron chi connectivity index (χ4n) is 3.67. The molecule has 0 spiro atoms. The molecule has 0 bridgehead atoms. The summed E-state index contributed by atoms with van der Waals surface area (Å²) in [5, 5.41) is 12.5. The molecule has 1 atom stereocenters. The van der Waals surface area contributed by atoms with Crippen molar-refractivity contribution in [1.82, 2.24) is 34.8 Å². The first-order valence-electron chi connectivity index (χ1n) is 9.86. The molecule has 5 heterocycles. The Bertz CT molecular complexity index is 1160. The number of hydrogen-bond donors (Lipinski definition) is 1. The van der Waals surface area contributed by atoms with E-state index in [0.717, 1.165) is 47.7 Å². The first-order valence-corrected chi connectivity index (χ1v) is 9.86. The summed E-state index contributed by atoms with van der Waals surface area (Å²) < 4.78 is 7.81. The summed E-state index contributed by atoms with van der Waals surface area (Å²) in [7, 11) is 0. The zero-order valence-electron chi connectivity index (χ0n) is 16.8. The van der Waals surface area contributed by atoms with Crippen molar-refractivity contribution in [3.63, 3.8) is 0 Å². The van der Waals surface area contributed by atoms with Crippen molar-refractivity contribution in [3.05, 3.63) is 36.5 Å². The molecule has 0 aromatic carbocycles. The average Bonchev–Trinajstić information content (AvgIpc) is 3.43. The molecule has 1 fully saturated rings. The van der Waals surface area contributed by atoms with Gasteiger partial charge in [0.1, 0.15) is 12.1 Å². The molecule has 0 aliphatic carbocycles. The molecule has 150 valence electrons. The highest BCUT2D eigenvalue weighted by Crippen LogP contribution is 2.27. The number of imidazole rings is 1. The fraction of sp³-hybridized carbons (Fsp3) is 0.450. The lowest BCUT2D eigenvalue weighted by atomic mass is 9.93. The third-order valence-electron chi connectivity index (χ3n) is 5.34. The minimum atomic E-state index is -0.0105. The molecule has 0 radical (unpaired) electrons. The van der Waals surface area contributed by atoms with Crippen LogP contribution in [0.3, 0.4) is 0 Å². The maximum Gasteiger partial charge on any atom is 0.231 e. The highest BCUT2D eigenvalue weighted by atomic mass is 16.5. The van der Waals surface area contributed by atoms with Crippen molar-refractivity contribution in [3.8, 4) is 5.88 Å². The van der Waals surface area contributed by atoms with Gasteiger partial charge < -0.3 is 9.64 Å². The molecule has 9 heteroatoms. The van der Waals surface area contributed by atoms with E-state index in [1.165, 1.54) is 0 Å². The smallest absolute Gasteiger partial charge is 0.231 e. The lowest BCUT2D eigenvalue weighted by molar-refractivity contribution is 0.249. The van der Waals surface area contributed by atoms with Crippen molar-refractivity contribution in [2.24, 2.45) is 5.92 Å². The molecule has 0 amide bonds. The quantitative estimate of drug-likeness (QED) is 0.570. The third-order valence-corrected chi connectivity index (χ3v) is 5.34. The lowest BCUT2D eigenvalue weighted by Crippen LogP contribution is -2.23. The van der Waals surface area contributed by atoms with Gasteiger partial charge in [0.25, 0.3) is 0 Å². The van der Waals surface area contributed by atoms with Gasteiger partial charge in [-0.05, 0) is 12.5 Å². The lowest BCUT2D eigenvalue weighted by Gasteiger charge is -2.18. The van der Waals surface area contributed by atoms with E-state index in [1.54, 1.807) is 17.0 Å². The topological polar surface area (TPSA) is 97.1 Å². The standard InChI is InChI=1S/C20H24N8O/c1-20(2,3)15-10-28-16(24-15)4-5-17(26-28)29-11-13-6-7-27(9-13)19-14-8-23-25-18(14)21-12-22-19/h4-5,8,10,12-13H,6-7,9,11H2,1-3H3,(H,21,22,23,25). The number of hydrogen-bond acceptors (Lipinski definition) is 7. The van der Waals surface area contributed by atoms with Crippen molar-refractivity contribution in [2.45, 2.75) is 32.6 Å². The Morgan fingerprint density at radius 3 is 3.00 bits per heavy atom. The van der Waals surface area contributed by atoms with Crippen LogP contribution < -0.4 is 9.64 Å². The van der Waals surface area contributed by atoms with Crippen LogP contribution in [0.15, 0.2) is 30.9 Å². The molecule has 1 saturated heterocycles. The summed E-state index contributed by atoms with van der Waals surface area (Å²) in [5.41, 5.74) is 2.61. The second-order valence-electron chi connectivity index (χ2n) is 8.59. The molecule has 1 aliphatic rings. The Hall–Kier alpha value is -3.23. The summed E-state index contributed by atoms with van der Waals surface area (Å²) >= 11 is 0. The molecular weight excluding hydrogens is 368 g/mol. The number of rotatable bonds is 4. The van der Waals surface area contributed by atoms with Crippen LogP contribution in [-0.2, 0) is 5.41 Å². The first-order chi connectivity index (χ1) is 14.0. The number of fused-ring (bicyclic) bond motifs is 2. The van der Waals surface area contributed by atoms with E-state index in [4.69, 9.17) is 4.74 Å². The number of nitrogens with one attached hydrogen (secondary N) is 1. The van der Waals surface area contributed by atoms with Gasteiger partial charge >= 0.3 is 0 Å². The minimum Gasteiger partial charge on any atom is -0.476 e. The molecular formula is C20H24N8O. The van der Waals surface area contributed by atoms with Gasteiger partial charge in [0.05, 0.1) is 30.1 Å². The van der Waals surface area contributed by atoms with Crippen molar-refractivity contribution in [2.75, 3.05) is 24.6 Å². The Morgan fingerprint density at radius 2 is 2.14 bits per heavy atom. The van der Waals surface area contributed by atoms with E-state index in [0.29, 0.717) is 18.4 Å². The van der Waals surface area contributed by atoms with Gasteiger partial charge in [-0.2, -0.15) is 5.10 Å². The normalized spacial score (nSPS) is 17.5. The third kappa shape index (κ3) is 3.37. The molecule has 4 aromatic heterocycles. The van der Waals surface area contributed by atoms with E-state index in [2.05, 4.69) is 55.9 Å². The SMILES string of the molecule is CC(C)(C)c1cn2nc(OCC3CCN(c4ncnc5[nH]ncc45)C3)ccc2n1. The monoisotopic (exact) mass is 392 g/mol. The number of H-pyrrole nitrogens is 1. The number of ether oxygens (including phenoxy) is 1. The predicted molar refractivity (Wildman–Crippen MR) is 109 cm³/mol. The maximum absolute atomic E-state index is 6.01. The van der Waals surface area contributed by atoms with Crippen molar-refractivity contribution >= 4 is 22.5 Å². The van der Waals surface area contributed by atoms with Crippen LogP contribution in [0.1, 0.15) is 32.9 Å². The van der Waals surface area contributed by atoms with E-state index in [9.17, 15) is 0 Å². The Morgan fingerprint density at radius 1 is 1.24 bits per heavy atom. The van der Waals surface area contributed by atoms with E-state index >= 15 is 0 Å². The molecule has 29 heavy (non-hydrogen) atoms. The molecule has 0 saturated carbocycles. The number of nitrogens with zero attached hydrogens (tertiary/aromatic N) is 7. The van der Waals surface area contributed by atoms with Gasteiger partial charge in [0, 0.05) is 30.5 Å². The summed E-state index contributed by atoms with van der Waals surface area (Å²) in [6.45, 7) is 8.88. The summed E-state index contributed by atoms with van der Waals surface area (Å²) in [6.07, 6.45) is 6.38. The summed E-state index contributed by atoms with van der Waals surface area (Å²) in [5.74, 6) is 1.96. The van der Waals surface area contributed by atoms with Crippen LogP contribution in [0.2, 0.25) is 0 Å². The highest BCUT2D eigenvalue weighted by Gasteiger charge is 2.26. The van der Waals surface area contributed by atoms with E-state index in [1.807, 2.05) is 18.3 Å². The fourth-order valence-corrected chi connectivity index (χ4v) is 3.67. The van der Waals surface area contributed by atoms with Gasteiger partial charge in [-0.15, -0.1) is 5.10 Å². The molecule has 1 aliphatic heterocycles. The second kappa shape index (κ2) is 6.68. The molecule has 1 N–H and O–H groups in total. The van der Waals surface area contributed by atoms with E-state index in [-0.39, 0.29) is 5.41 Å². The second-order valence-corrected chi connectivity index (χ2v) is 8.59. The van der Waals surface area contributed by atoms with E-state index < -0.39 is 0 Å². The largest absolute Gasteiger partial charge is 0.476 e. The van der Waals surface area contributed by atoms with Gasteiger partial charge in [0.2, 0.25) is 5.88 Å². The number of anilines is 1. The van der Waals surface area contributed by atoms with Crippen LogP contribution in [-0.4, -0.2) is 54.5 Å². The Balaban J connectivity index is 1.26. The van der Waals surface area contributed by atoms with Crippen molar-refractivity contribution in [1.29, 1.82) is 0 Å². The number of aromatic amines is 1. The minimum absolute atomic E-state index is 0.0105. The van der Waals surface area contributed by atoms with Crippen molar-refractivity contribution < 1.29 is 4.74 Å². The number of aromatic nitrogens is 7. The van der Waals surface area contributed by atoms with Crippen LogP contribution >= 0.6 is 0 Å². The summed E-state index contributed by atoms with van der Waals surface area (Å²) in [4.78, 5) is 15.6. The zero-order chi connectivity index (χ0) is 20.0. The van der Waals surface area contributed by atoms with Crippen LogP contribution in [0.5, 0.6) is 5.88 Å².